The molecule has 5 nitrogen and oxygen atoms in total. The number of fused-ring (bicyclic) bond motifs is 2. The number of ketones is 1. The minimum atomic E-state index is -4.55. The monoisotopic (exact) mass is 459 g/mol. The highest BCUT2D eigenvalue weighted by Crippen LogP contribution is 2.41. The number of hydrogen-bond acceptors (Lipinski definition) is 4. The Kier molecular flexibility index (Phi) is 6.54. The van der Waals surface area contributed by atoms with Gasteiger partial charge in [0.05, 0.1) is 11.5 Å². The molecule has 0 unspecified atom stereocenters. The second kappa shape index (κ2) is 9.37. The van der Waals surface area contributed by atoms with Crippen LogP contribution in [0.1, 0.15) is 49.3 Å². The number of alkyl halides is 3. The summed E-state index contributed by atoms with van der Waals surface area (Å²) in [6.45, 7) is 0. The highest BCUT2D eigenvalue weighted by atomic mass is 19.4. The summed E-state index contributed by atoms with van der Waals surface area (Å²) in [6.07, 6.45) is -2.58. The maximum Gasteiger partial charge on any atom is 0.416 e. The number of carbonyl (C=O) groups is 3. The lowest BCUT2D eigenvalue weighted by Crippen LogP contribution is -2.40. The third-order valence-corrected chi connectivity index (χ3v) is 6.41. The minimum absolute atomic E-state index is 0.0513. The SMILES string of the molecule is O=C(O[C@@H](C(=O)Nc1cccc(C(F)(F)F)c1)c1ccccc1)C1C[C@@H]2CCC[C@@H](C1)C2=O. The molecule has 8 heteroatoms. The third kappa shape index (κ3) is 5.26. The molecule has 0 radical (unpaired) electrons. The first-order valence-corrected chi connectivity index (χ1v) is 11.0. The Morgan fingerprint density at radius 3 is 2.27 bits per heavy atom. The Bertz CT molecular complexity index is 1020. The summed E-state index contributed by atoms with van der Waals surface area (Å²) in [7, 11) is 0. The maximum atomic E-state index is 13.0. The Morgan fingerprint density at radius 1 is 0.970 bits per heavy atom. The van der Waals surface area contributed by atoms with Crippen LogP contribution >= 0.6 is 0 Å². The summed E-state index contributed by atoms with van der Waals surface area (Å²) in [6, 6.07) is 12.6. The fraction of sp³-hybridized carbons (Fsp3) is 0.400. The van der Waals surface area contributed by atoms with Crippen molar-refractivity contribution in [1.82, 2.24) is 0 Å². The molecule has 2 aromatic rings. The number of ether oxygens (including phenoxy) is 1. The topological polar surface area (TPSA) is 72.5 Å². The van der Waals surface area contributed by atoms with Crippen molar-refractivity contribution in [3.05, 3.63) is 65.7 Å². The van der Waals surface area contributed by atoms with Crippen LogP contribution in [0.3, 0.4) is 0 Å². The van der Waals surface area contributed by atoms with Crippen molar-refractivity contribution < 1.29 is 32.3 Å². The molecule has 2 aliphatic rings. The quantitative estimate of drug-likeness (QED) is 0.614. The third-order valence-electron chi connectivity index (χ3n) is 6.41. The molecule has 174 valence electrons. The molecule has 3 atom stereocenters. The molecule has 0 aliphatic heterocycles. The van der Waals surface area contributed by atoms with E-state index in [1.54, 1.807) is 30.3 Å². The number of benzene rings is 2. The van der Waals surface area contributed by atoms with E-state index in [0.29, 0.717) is 18.4 Å². The van der Waals surface area contributed by atoms with E-state index in [1.807, 2.05) is 0 Å². The van der Waals surface area contributed by atoms with Gasteiger partial charge in [0.1, 0.15) is 5.78 Å². The molecule has 4 rings (SSSR count). The Balaban J connectivity index is 1.52. The van der Waals surface area contributed by atoms with Gasteiger partial charge in [0, 0.05) is 23.1 Å². The van der Waals surface area contributed by atoms with Crippen LogP contribution in [0, 0.1) is 17.8 Å². The van der Waals surface area contributed by atoms with Gasteiger partial charge in [0.15, 0.2) is 0 Å². The van der Waals surface area contributed by atoms with Gasteiger partial charge in [-0.05, 0) is 43.9 Å². The molecule has 0 saturated heterocycles. The van der Waals surface area contributed by atoms with Gasteiger partial charge in [-0.3, -0.25) is 14.4 Å². The summed E-state index contributed by atoms with van der Waals surface area (Å²) in [4.78, 5) is 38.3. The second-order valence-corrected chi connectivity index (χ2v) is 8.69. The van der Waals surface area contributed by atoms with Crippen molar-refractivity contribution >= 4 is 23.3 Å². The van der Waals surface area contributed by atoms with Gasteiger partial charge in [0.25, 0.3) is 5.91 Å². The van der Waals surface area contributed by atoms with Crippen LogP contribution in [0.15, 0.2) is 54.6 Å². The van der Waals surface area contributed by atoms with Crippen molar-refractivity contribution in [2.45, 2.75) is 44.4 Å². The van der Waals surface area contributed by atoms with Crippen molar-refractivity contribution in [3.63, 3.8) is 0 Å². The molecule has 1 amide bonds. The molecular weight excluding hydrogens is 435 g/mol. The van der Waals surface area contributed by atoms with Gasteiger partial charge in [-0.2, -0.15) is 13.2 Å². The fourth-order valence-electron chi connectivity index (χ4n) is 4.77. The number of nitrogens with one attached hydrogen (secondary N) is 1. The normalized spacial score (nSPS) is 23.5. The van der Waals surface area contributed by atoms with E-state index in [2.05, 4.69) is 5.32 Å². The van der Waals surface area contributed by atoms with Crippen molar-refractivity contribution in [1.29, 1.82) is 0 Å². The number of anilines is 1. The Labute approximate surface area is 189 Å². The molecule has 33 heavy (non-hydrogen) atoms. The van der Waals surface area contributed by atoms with E-state index in [-0.39, 0.29) is 23.3 Å². The number of amides is 1. The lowest BCUT2D eigenvalue weighted by Gasteiger charge is -2.36. The number of carbonyl (C=O) groups excluding carboxylic acids is 3. The summed E-state index contributed by atoms with van der Waals surface area (Å²) >= 11 is 0. The van der Waals surface area contributed by atoms with Crippen LogP contribution < -0.4 is 5.32 Å². The van der Waals surface area contributed by atoms with Crippen LogP contribution in [0.2, 0.25) is 0 Å². The molecule has 2 saturated carbocycles. The minimum Gasteiger partial charge on any atom is -0.447 e. The molecule has 0 aromatic heterocycles. The van der Waals surface area contributed by atoms with Gasteiger partial charge in [-0.15, -0.1) is 0 Å². The summed E-state index contributed by atoms with van der Waals surface area (Å²) in [5.74, 6) is -1.88. The van der Waals surface area contributed by atoms with E-state index >= 15 is 0 Å². The van der Waals surface area contributed by atoms with E-state index in [4.69, 9.17) is 4.74 Å². The van der Waals surface area contributed by atoms with Crippen LogP contribution in [-0.2, 0) is 25.3 Å². The molecule has 0 spiro atoms. The summed E-state index contributed by atoms with van der Waals surface area (Å²) < 4.78 is 44.7. The predicted octanol–water partition coefficient (Wildman–Crippen LogP) is 5.32. The van der Waals surface area contributed by atoms with E-state index in [1.165, 1.54) is 12.1 Å². The van der Waals surface area contributed by atoms with Crippen LogP contribution in [0.5, 0.6) is 0 Å². The molecule has 2 fully saturated rings. The average molecular weight is 459 g/mol. The fourth-order valence-corrected chi connectivity index (χ4v) is 4.77. The maximum absolute atomic E-state index is 13.0. The lowest BCUT2D eigenvalue weighted by molar-refractivity contribution is -0.162. The summed E-state index contributed by atoms with van der Waals surface area (Å²) in [5, 5.41) is 2.44. The number of esters is 1. The first-order valence-electron chi connectivity index (χ1n) is 11.0. The van der Waals surface area contributed by atoms with Crippen molar-refractivity contribution in [2.75, 3.05) is 5.32 Å². The Hall–Kier alpha value is -3.16. The van der Waals surface area contributed by atoms with Crippen molar-refractivity contribution in [2.24, 2.45) is 17.8 Å². The van der Waals surface area contributed by atoms with E-state index in [9.17, 15) is 27.6 Å². The lowest BCUT2D eigenvalue weighted by atomic mass is 9.67. The van der Waals surface area contributed by atoms with Crippen molar-refractivity contribution in [3.8, 4) is 0 Å². The number of Topliss-reactive ketones (excluding diaryl/α,β-unsaturated/α-hetero) is 1. The largest absolute Gasteiger partial charge is 0.447 e. The molecular formula is C25H24F3NO4. The zero-order valence-electron chi connectivity index (χ0n) is 17.8. The zero-order valence-corrected chi connectivity index (χ0v) is 17.8. The smallest absolute Gasteiger partial charge is 0.416 e. The highest BCUT2D eigenvalue weighted by molar-refractivity contribution is 5.96. The van der Waals surface area contributed by atoms with Gasteiger partial charge in [0.2, 0.25) is 6.10 Å². The van der Waals surface area contributed by atoms with Crippen LogP contribution in [0.4, 0.5) is 18.9 Å². The molecule has 2 bridgehead atoms. The van der Waals surface area contributed by atoms with Gasteiger partial charge in [-0.25, -0.2) is 0 Å². The molecule has 2 aromatic carbocycles. The molecule has 1 N–H and O–H groups in total. The first-order chi connectivity index (χ1) is 15.7. The Morgan fingerprint density at radius 2 is 1.64 bits per heavy atom. The van der Waals surface area contributed by atoms with Crippen LogP contribution in [-0.4, -0.2) is 17.7 Å². The first kappa shape index (κ1) is 23.0. The predicted molar refractivity (Wildman–Crippen MR) is 114 cm³/mol. The van der Waals surface area contributed by atoms with E-state index < -0.39 is 35.6 Å². The standard InChI is InChI=1S/C25H24F3NO4/c26-25(27,28)19-10-5-11-20(14-19)29-23(31)22(15-6-2-1-3-7-15)33-24(32)18-12-16-8-4-9-17(13-18)21(16)30/h1-3,5-7,10-11,14,16-18,22H,4,8-9,12-13H2,(H,29,31)/t16-,17-,22+/m0/s1. The number of halogens is 3. The average Bonchev–Trinajstić information content (AvgIpc) is 2.77. The number of rotatable bonds is 5. The van der Waals surface area contributed by atoms with Gasteiger partial charge in [-0.1, -0.05) is 42.8 Å². The molecule has 2 aliphatic carbocycles. The van der Waals surface area contributed by atoms with Gasteiger partial charge < -0.3 is 10.1 Å². The molecule has 0 heterocycles. The number of hydrogen-bond donors (Lipinski definition) is 1. The van der Waals surface area contributed by atoms with E-state index in [0.717, 1.165) is 31.4 Å². The van der Waals surface area contributed by atoms with Gasteiger partial charge >= 0.3 is 12.1 Å². The second-order valence-electron chi connectivity index (χ2n) is 8.69. The summed E-state index contributed by atoms with van der Waals surface area (Å²) in [5.41, 5.74) is -0.543. The highest BCUT2D eigenvalue weighted by Gasteiger charge is 2.43. The zero-order chi connectivity index (χ0) is 23.6. The van der Waals surface area contributed by atoms with Crippen LogP contribution in [0.25, 0.3) is 0 Å².